The Morgan fingerprint density at radius 2 is 2.17 bits per heavy atom. The van der Waals surface area contributed by atoms with E-state index < -0.39 is 0 Å². The fourth-order valence-corrected chi connectivity index (χ4v) is 1.61. The molecule has 1 saturated carbocycles. The minimum absolute atomic E-state index is 0.259. The van der Waals surface area contributed by atoms with Crippen LogP contribution in [0.15, 0.2) is 0 Å². The Kier molecular flexibility index (Phi) is 1.41. The summed E-state index contributed by atoms with van der Waals surface area (Å²) in [4.78, 5) is 13.2. The number of carbonyl (C=O) groups excluding carboxylic acids is 1. The van der Waals surface area contributed by atoms with Gasteiger partial charge in [0.15, 0.2) is 0 Å². The molecule has 0 aromatic heterocycles. The highest BCUT2D eigenvalue weighted by Gasteiger charge is 2.45. The summed E-state index contributed by atoms with van der Waals surface area (Å²) in [7, 11) is 0. The van der Waals surface area contributed by atoms with E-state index in [0.717, 1.165) is 12.8 Å². The molecular formula is C9H12N2O. The van der Waals surface area contributed by atoms with E-state index in [2.05, 4.69) is 6.07 Å². The van der Waals surface area contributed by atoms with Gasteiger partial charge in [-0.25, -0.2) is 0 Å². The monoisotopic (exact) mass is 164 g/mol. The summed E-state index contributed by atoms with van der Waals surface area (Å²) < 4.78 is 0. The van der Waals surface area contributed by atoms with Crippen molar-refractivity contribution in [3.8, 4) is 6.07 Å². The Labute approximate surface area is 72.0 Å². The minimum Gasteiger partial charge on any atom is -0.339 e. The van der Waals surface area contributed by atoms with Crippen molar-refractivity contribution in [1.29, 1.82) is 5.26 Å². The predicted octanol–water partition coefficient (Wildman–Crippen LogP) is 0.768. The molecule has 0 unspecified atom stereocenters. The van der Waals surface area contributed by atoms with Gasteiger partial charge in [0.25, 0.3) is 0 Å². The first-order valence-corrected chi connectivity index (χ1v) is 4.35. The second-order valence-electron chi connectivity index (χ2n) is 4.14. The van der Waals surface area contributed by atoms with E-state index in [4.69, 9.17) is 5.26 Å². The van der Waals surface area contributed by atoms with Crippen molar-refractivity contribution in [2.45, 2.75) is 19.8 Å². The summed E-state index contributed by atoms with van der Waals surface area (Å²) in [6, 6.07) is 2.23. The summed E-state index contributed by atoms with van der Waals surface area (Å²) in [5.74, 6) is 0.566. The van der Waals surface area contributed by atoms with Crippen LogP contribution < -0.4 is 0 Å². The molecule has 3 heteroatoms. The van der Waals surface area contributed by atoms with Crippen molar-refractivity contribution in [3.63, 3.8) is 0 Å². The average molecular weight is 164 g/mol. The molecule has 0 atom stereocenters. The first-order valence-electron chi connectivity index (χ1n) is 4.35. The molecule has 12 heavy (non-hydrogen) atoms. The lowest BCUT2D eigenvalue weighted by Crippen LogP contribution is -2.56. The van der Waals surface area contributed by atoms with Crippen LogP contribution in [0.25, 0.3) is 0 Å². The molecule has 1 saturated heterocycles. The molecule has 2 rings (SSSR count). The number of nitrogens with zero attached hydrogens (tertiary/aromatic N) is 2. The zero-order chi connectivity index (χ0) is 8.77. The third-order valence-electron chi connectivity index (χ3n) is 2.59. The van der Waals surface area contributed by atoms with Crippen LogP contribution in [-0.4, -0.2) is 23.9 Å². The van der Waals surface area contributed by atoms with Gasteiger partial charge in [-0.05, 0) is 19.8 Å². The smallest absolute Gasteiger partial charge is 0.225 e. The molecule has 0 spiro atoms. The molecule has 1 heterocycles. The zero-order valence-electron chi connectivity index (χ0n) is 7.21. The SMILES string of the molecule is CC1(C#N)CN(C(=O)C2CC2)C1. The number of nitriles is 1. The molecule has 0 aromatic carbocycles. The molecule has 0 aromatic rings. The number of hydrogen-bond acceptors (Lipinski definition) is 2. The summed E-state index contributed by atoms with van der Waals surface area (Å²) in [5, 5.41) is 8.71. The van der Waals surface area contributed by atoms with Crippen LogP contribution in [0.1, 0.15) is 19.8 Å². The molecular weight excluding hydrogens is 152 g/mol. The average Bonchev–Trinajstić information content (AvgIpc) is 2.79. The number of hydrogen-bond donors (Lipinski definition) is 0. The lowest BCUT2D eigenvalue weighted by Gasteiger charge is -2.43. The molecule has 0 N–H and O–H groups in total. The van der Waals surface area contributed by atoms with Gasteiger partial charge < -0.3 is 4.90 Å². The van der Waals surface area contributed by atoms with Crippen molar-refractivity contribution in [3.05, 3.63) is 0 Å². The largest absolute Gasteiger partial charge is 0.339 e. The van der Waals surface area contributed by atoms with Crippen LogP contribution >= 0.6 is 0 Å². The van der Waals surface area contributed by atoms with Gasteiger partial charge in [-0.1, -0.05) is 0 Å². The van der Waals surface area contributed by atoms with Crippen molar-refractivity contribution in [2.24, 2.45) is 11.3 Å². The molecule has 3 nitrogen and oxygen atoms in total. The Balaban J connectivity index is 1.88. The lowest BCUT2D eigenvalue weighted by molar-refractivity contribution is -0.141. The maximum absolute atomic E-state index is 11.4. The molecule has 0 bridgehead atoms. The topological polar surface area (TPSA) is 44.1 Å². The summed E-state index contributed by atoms with van der Waals surface area (Å²) in [5.41, 5.74) is -0.259. The highest BCUT2D eigenvalue weighted by Crippen LogP contribution is 2.36. The number of likely N-dealkylation sites (tertiary alicyclic amines) is 1. The van der Waals surface area contributed by atoms with Gasteiger partial charge in [-0.2, -0.15) is 5.26 Å². The van der Waals surface area contributed by atoms with E-state index in [1.165, 1.54) is 0 Å². The van der Waals surface area contributed by atoms with Crippen molar-refractivity contribution >= 4 is 5.91 Å². The van der Waals surface area contributed by atoms with Crippen LogP contribution in [0, 0.1) is 22.7 Å². The second-order valence-corrected chi connectivity index (χ2v) is 4.14. The van der Waals surface area contributed by atoms with Crippen molar-refractivity contribution in [1.82, 2.24) is 4.90 Å². The number of amides is 1. The molecule has 1 aliphatic carbocycles. The molecule has 1 aliphatic heterocycles. The minimum atomic E-state index is -0.259. The van der Waals surface area contributed by atoms with Gasteiger partial charge in [-0.15, -0.1) is 0 Å². The lowest BCUT2D eigenvalue weighted by atomic mass is 9.83. The molecule has 2 fully saturated rings. The van der Waals surface area contributed by atoms with E-state index in [-0.39, 0.29) is 11.3 Å². The Morgan fingerprint density at radius 1 is 1.58 bits per heavy atom. The highest BCUT2D eigenvalue weighted by molar-refractivity contribution is 5.82. The summed E-state index contributed by atoms with van der Waals surface area (Å²) in [6.45, 7) is 3.18. The van der Waals surface area contributed by atoms with Crippen LogP contribution in [0.5, 0.6) is 0 Å². The fourth-order valence-electron chi connectivity index (χ4n) is 1.61. The first-order chi connectivity index (χ1) is 5.64. The van der Waals surface area contributed by atoms with E-state index in [9.17, 15) is 4.79 Å². The molecule has 2 aliphatic rings. The highest BCUT2D eigenvalue weighted by atomic mass is 16.2. The van der Waals surface area contributed by atoms with Crippen LogP contribution in [0.2, 0.25) is 0 Å². The standard InChI is InChI=1S/C9H12N2O/c1-9(4-10)5-11(6-9)8(12)7-2-3-7/h7H,2-3,5-6H2,1H3. The van der Waals surface area contributed by atoms with Gasteiger partial charge in [0.2, 0.25) is 5.91 Å². The Hall–Kier alpha value is -1.04. The fraction of sp³-hybridized carbons (Fsp3) is 0.778. The molecule has 64 valence electrons. The van der Waals surface area contributed by atoms with Crippen LogP contribution in [0.4, 0.5) is 0 Å². The van der Waals surface area contributed by atoms with Gasteiger partial charge in [0.1, 0.15) is 0 Å². The third-order valence-corrected chi connectivity index (χ3v) is 2.59. The van der Waals surface area contributed by atoms with E-state index in [0.29, 0.717) is 19.0 Å². The zero-order valence-corrected chi connectivity index (χ0v) is 7.21. The van der Waals surface area contributed by atoms with Crippen molar-refractivity contribution in [2.75, 3.05) is 13.1 Å². The van der Waals surface area contributed by atoms with Gasteiger partial charge in [-0.3, -0.25) is 4.79 Å². The predicted molar refractivity (Wildman–Crippen MR) is 43.0 cm³/mol. The third kappa shape index (κ3) is 1.08. The van der Waals surface area contributed by atoms with Crippen molar-refractivity contribution < 1.29 is 4.79 Å². The Bertz CT molecular complexity index is 256. The Morgan fingerprint density at radius 3 is 2.58 bits per heavy atom. The van der Waals surface area contributed by atoms with E-state index >= 15 is 0 Å². The van der Waals surface area contributed by atoms with Gasteiger partial charge in [0.05, 0.1) is 11.5 Å². The van der Waals surface area contributed by atoms with E-state index in [1.54, 1.807) is 4.90 Å². The first kappa shape index (κ1) is 7.60. The van der Waals surface area contributed by atoms with Gasteiger partial charge >= 0.3 is 0 Å². The number of rotatable bonds is 1. The second kappa shape index (κ2) is 2.22. The molecule has 0 radical (unpaired) electrons. The molecule has 1 amide bonds. The summed E-state index contributed by atoms with van der Waals surface area (Å²) >= 11 is 0. The summed E-state index contributed by atoms with van der Waals surface area (Å²) in [6.07, 6.45) is 2.11. The quantitative estimate of drug-likeness (QED) is 0.574. The van der Waals surface area contributed by atoms with E-state index in [1.807, 2.05) is 6.92 Å². The maximum atomic E-state index is 11.4. The van der Waals surface area contributed by atoms with Gasteiger partial charge in [0, 0.05) is 19.0 Å². The maximum Gasteiger partial charge on any atom is 0.225 e. The normalized spacial score (nSPS) is 25.8. The van der Waals surface area contributed by atoms with Crippen LogP contribution in [-0.2, 0) is 4.79 Å². The number of carbonyl (C=O) groups is 1. The van der Waals surface area contributed by atoms with Crippen LogP contribution in [0.3, 0.4) is 0 Å².